The molecule has 0 bridgehead atoms. The van der Waals surface area contributed by atoms with Gasteiger partial charge < -0.3 is 24.7 Å². The van der Waals surface area contributed by atoms with E-state index in [0.717, 1.165) is 42.8 Å². The number of ether oxygens (including phenoxy) is 2. The van der Waals surface area contributed by atoms with Crippen LogP contribution in [0.3, 0.4) is 0 Å². The third kappa shape index (κ3) is 7.37. The van der Waals surface area contributed by atoms with Gasteiger partial charge in [-0.1, -0.05) is 30.3 Å². The van der Waals surface area contributed by atoms with Gasteiger partial charge in [-0.05, 0) is 36.8 Å². The highest BCUT2D eigenvalue weighted by molar-refractivity contribution is 5.79. The molecular formula is C24H31N5O2. The van der Waals surface area contributed by atoms with Crippen LogP contribution in [0.4, 0.5) is 0 Å². The minimum Gasteiger partial charge on any atom is -0.497 e. The molecule has 0 aliphatic heterocycles. The van der Waals surface area contributed by atoms with Crippen molar-refractivity contribution in [1.82, 2.24) is 20.2 Å². The fourth-order valence-corrected chi connectivity index (χ4v) is 3.11. The Morgan fingerprint density at radius 3 is 2.55 bits per heavy atom. The zero-order valence-corrected chi connectivity index (χ0v) is 18.3. The lowest BCUT2D eigenvalue weighted by Crippen LogP contribution is -2.39. The van der Waals surface area contributed by atoms with Crippen LogP contribution in [0.25, 0.3) is 0 Å². The van der Waals surface area contributed by atoms with Crippen LogP contribution in [-0.4, -0.2) is 48.9 Å². The summed E-state index contributed by atoms with van der Waals surface area (Å²) in [7, 11) is 1.65. The van der Waals surface area contributed by atoms with E-state index in [-0.39, 0.29) is 0 Å². The topological polar surface area (TPSA) is 72.7 Å². The van der Waals surface area contributed by atoms with Crippen LogP contribution in [-0.2, 0) is 13.0 Å². The van der Waals surface area contributed by atoms with Gasteiger partial charge in [-0.25, -0.2) is 4.98 Å². The maximum Gasteiger partial charge on any atom is 0.191 e. The summed E-state index contributed by atoms with van der Waals surface area (Å²) in [6.45, 7) is 5.52. The first-order valence-electron chi connectivity index (χ1n) is 10.6. The molecule has 3 rings (SSSR count). The van der Waals surface area contributed by atoms with Crippen molar-refractivity contribution in [2.75, 3.05) is 33.4 Å². The van der Waals surface area contributed by atoms with Crippen molar-refractivity contribution in [1.29, 1.82) is 0 Å². The number of aliphatic imine (C=N–C) groups is 1. The van der Waals surface area contributed by atoms with Crippen LogP contribution in [0.1, 0.15) is 18.3 Å². The van der Waals surface area contributed by atoms with Gasteiger partial charge >= 0.3 is 0 Å². The van der Waals surface area contributed by atoms with E-state index in [9.17, 15) is 0 Å². The molecule has 0 unspecified atom stereocenters. The standard InChI is InChI=1S/C24H31N5O2/c1-3-25-24(28-16-18-31-22-11-9-21(30-2)10-12-22)27-14-13-23-26-15-17-29(23)19-20-7-5-4-6-8-20/h4-12,15,17H,3,13-14,16,18-19H2,1-2H3,(H2,25,27,28). The summed E-state index contributed by atoms with van der Waals surface area (Å²) in [5.74, 6) is 3.44. The Morgan fingerprint density at radius 2 is 1.81 bits per heavy atom. The van der Waals surface area contributed by atoms with E-state index >= 15 is 0 Å². The van der Waals surface area contributed by atoms with E-state index in [4.69, 9.17) is 9.47 Å². The lowest BCUT2D eigenvalue weighted by Gasteiger charge is -2.12. The minimum absolute atomic E-state index is 0.540. The Morgan fingerprint density at radius 1 is 1.03 bits per heavy atom. The number of imidazole rings is 1. The Kier molecular flexibility index (Phi) is 8.79. The van der Waals surface area contributed by atoms with E-state index < -0.39 is 0 Å². The van der Waals surface area contributed by atoms with Crippen molar-refractivity contribution in [3.8, 4) is 11.5 Å². The number of nitrogens with zero attached hydrogens (tertiary/aromatic N) is 3. The second-order valence-corrected chi connectivity index (χ2v) is 6.92. The monoisotopic (exact) mass is 421 g/mol. The van der Waals surface area contributed by atoms with E-state index in [2.05, 4.69) is 56.4 Å². The maximum atomic E-state index is 5.76. The fourth-order valence-electron chi connectivity index (χ4n) is 3.11. The molecule has 0 aliphatic carbocycles. The first kappa shape index (κ1) is 22.2. The van der Waals surface area contributed by atoms with Crippen molar-refractivity contribution >= 4 is 5.96 Å². The van der Waals surface area contributed by atoms with E-state index in [1.807, 2.05) is 42.7 Å². The van der Waals surface area contributed by atoms with Crippen molar-refractivity contribution in [3.63, 3.8) is 0 Å². The molecule has 0 aliphatic rings. The average Bonchev–Trinajstić information content (AvgIpc) is 3.24. The number of benzene rings is 2. The predicted octanol–water partition coefficient (Wildman–Crippen LogP) is 3.12. The van der Waals surface area contributed by atoms with Crippen LogP contribution in [0.15, 0.2) is 72.0 Å². The number of aromatic nitrogens is 2. The van der Waals surface area contributed by atoms with Crippen LogP contribution >= 0.6 is 0 Å². The number of hydrogen-bond donors (Lipinski definition) is 2. The Labute approximate surface area is 184 Å². The van der Waals surface area contributed by atoms with Gasteiger partial charge in [0.05, 0.1) is 13.7 Å². The lowest BCUT2D eigenvalue weighted by atomic mass is 10.2. The highest BCUT2D eigenvalue weighted by atomic mass is 16.5. The minimum atomic E-state index is 0.540. The molecule has 3 aromatic rings. The Bertz CT molecular complexity index is 923. The SMILES string of the molecule is CCNC(=NCCc1nccn1Cc1ccccc1)NCCOc1ccc(OC)cc1. The van der Waals surface area contributed by atoms with E-state index in [1.165, 1.54) is 5.56 Å². The summed E-state index contributed by atoms with van der Waals surface area (Å²) >= 11 is 0. The smallest absolute Gasteiger partial charge is 0.191 e. The molecule has 0 atom stereocenters. The van der Waals surface area contributed by atoms with Gasteiger partial charge in [-0.2, -0.15) is 0 Å². The summed E-state index contributed by atoms with van der Waals surface area (Å²) in [6, 6.07) is 18.0. The van der Waals surface area contributed by atoms with Crippen molar-refractivity contribution in [3.05, 3.63) is 78.4 Å². The molecule has 2 aromatic carbocycles. The molecule has 164 valence electrons. The number of methoxy groups -OCH3 is 1. The van der Waals surface area contributed by atoms with Gasteiger partial charge in [-0.15, -0.1) is 0 Å². The third-order valence-corrected chi connectivity index (χ3v) is 4.67. The molecule has 0 radical (unpaired) electrons. The zero-order chi connectivity index (χ0) is 21.7. The molecule has 0 amide bonds. The van der Waals surface area contributed by atoms with Gasteiger partial charge in [0.25, 0.3) is 0 Å². The molecule has 7 nitrogen and oxygen atoms in total. The van der Waals surface area contributed by atoms with Crippen LogP contribution in [0, 0.1) is 0 Å². The first-order chi connectivity index (χ1) is 15.3. The second-order valence-electron chi connectivity index (χ2n) is 6.92. The number of hydrogen-bond acceptors (Lipinski definition) is 4. The van der Waals surface area contributed by atoms with Gasteiger partial charge in [0.2, 0.25) is 0 Å². The normalized spacial score (nSPS) is 11.2. The van der Waals surface area contributed by atoms with Crippen molar-refractivity contribution < 1.29 is 9.47 Å². The van der Waals surface area contributed by atoms with E-state index in [0.29, 0.717) is 19.7 Å². The third-order valence-electron chi connectivity index (χ3n) is 4.67. The summed E-state index contributed by atoms with van der Waals surface area (Å²) < 4.78 is 13.1. The Balaban J connectivity index is 1.44. The number of rotatable bonds is 11. The molecule has 1 heterocycles. The molecule has 0 spiro atoms. The largest absolute Gasteiger partial charge is 0.497 e. The van der Waals surface area contributed by atoms with Gasteiger partial charge in [-0.3, -0.25) is 4.99 Å². The van der Waals surface area contributed by atoms with Crippen LogP contribution in [0.2, 0.25) is 0 Å². The summed E-state index contributed by atoms with van der Waals surface area (Å²) in [4.78, 5) is 9.17. The van der Waals surface area contributed by atoms with E-state index in [1.54, 1.807) is 7.11 Å². The predicted molar refractivity (Wildman–Crippen MR) is 124 cm³/mol. The maximum absolute atomic E-state index is 5.76. The summed E-state index contributed by atoms with van der Waals surface area (Å²) in [6.07, 6.45) is 4.65. The average molecular weight is 422 g/mol. The zero-order valence-electron chi connectivity index (χ0n) is 18.3. The number of nitrogens with one attached hydrogen (secondary N) is 2. The van der Waals surface area contributed by atoms with Crippen molar-refractivity contribution in [2.45, 2.75) is 19.9 Å². The highest BCUT2D eigenvalue weighted by Crippen LogP contribution is 2.16. The summed E-state index contributed by atoms with van der Waals surface area (Å²) in [5, 5.41) is 6.58. The van der Waals surface area contributed by atoms with Gasteiger partial charge in [0, 0.05) is 38.4 Å². The van der Waals surface area contributed by atoms with Gasteiger partial charge in [0.1, 0.15) is 23.9 Å². The van der Waals surface area contributed by atoms with Crippen molar-refractivity contribution in [2.24, 2.45) is 4.99 Å². The molecule has 31 heavy (non-hydrogen) atoms. The summed E-state index contributed by atoms with van der Waals surface area (Å²) in [5.41, 5.74) is 1.26. The lowest BCUT2D eigenvalue weighted by molar-refractivity contribution is 0.321. The highest BCUT2D eigenvalue weighted by Gasteiger charge is 2.04. The second kappa shape index (κ2) is 12.3. The molecular weight excluding hydrogens is 390 g/mol. The number of guanidine groups is 1. The fraction of sp³-hybridized carbons (Fsp3) is 0.333. The molecule has 1 aromatic heterocycles. The Hall–Kier alpha value is -3.48. The molecule has 7 heteroatoms. The molecule has 0 saturated heterocycles. The molecule has 2 N–H and O–H groups in total. The van der Waals surface area contributed by atoms with Crippen LogP contribution in [0.5, 0.6) is 11.5 Å². The molecule has 0 fully saturated rings. The quantitative estimate of drug-likeness (QED) is 0.283. The van der Waals surface area contributed by atoms with Crippen LogP contribution < -0.4 is 20.1 Å². The van der Waals surface area contributed by atoms with Gasteiger partial charge in [0.15, 0.2) is 5.96 Å². The first-order valence-corrected chi connectivity index (χ1v) is 10.6. The molecule has 0 saturated carbocycles.